The molecule has 2 nitrogen and oxygen atoms in total. The third kappa shape index (κ3) is 5.86. The molecule has 3 rings (SSSR count). The van der Waals surface area contributed by atoms with Crippen LogP contribution in [0.15, 0.2) is 60.7 Å². The lowest BCUT2D eigenvalue weighted by Gasteiger charge is -2.29. The first kappa shape index (κ1) is 17.9. The van der Waals surface area contributed by atoms with Crippen LogP contribution in [-0.4, -0.2) is 16.1 Å². The normalized spacial score (nSPS) is 15.4. The van der Waals surface area contributed by atoms with Crippen LogP contribution in [0.25, 0.3) is 0 Å². The Morgan fingerprint density at radius 2 is 1.28 bits per heavy atom. The Kier molecular flexibility index (Phi) is 6.87. The maximum absolute atomic E-state index is 5.81. The van der Waals surface area contributed by atoms with Crippen molar-refractivity contribution in [3.63, 3.8) is 0 Å². The number of nitrogens with one attached hydrogen (secondary N) is 1. The number of benzene rings is 2. The molecule has 1 aliphatic carbocycles. The van der Waals surface area contributed by atoms with E-state index in [1.165, 1.54) is 49.7 Å². The van der Waals surface area contributed by atoms with E-state index < -0.39 is 0 Å². The molecule has 0 unspecified atom stereocenters. The second-order valence-corrected chi connectivity index (χ2v) is 7.35. The van der Waals surface area contributed by atoms with Crippen molar-refractivity contribution in [2.75, 3.05) is 0 Å². The largest absolute Gasteiger partial charge is 0.360 e. The van der Waals surface area contributed by atoms with Crippen molar-refractivity contribution in [2.24, 2.45) is 0 Å². The molecule has 0 bridgehead atoms. The third-order valence-electron chi connectivity index (χ3n) is 4.90. The average molecular weight is 353 g/mol. The predicted molar refractivity (Wildman–Crippen MR) is 109 cm³/mol. The molecule has 1 aliphatic rings. The van der Waals surface area contributed by atoms with E-state index in [-0.39, 0.29) is 0 Å². The predicted octanol–water partition coefficient (Wildman–Crippen LogP) is 5.29. The van der Waals surface area contributed by atoms with E-state index in [0.717, 1.165) is 18.2 Å². The second kappa shape index (κ2) is 9.57. The van der Waals surface area contributed by atoms with Gasteiger partial charge in [-0.05, 0) is 36.2 Å². The van der Waals surface area contributed by atoms with Crippen LogP contribution in [0.1, 0.15) is 49.7 Å². The maximum Gasteiger partial charge on any atom is 0.169 e. The van der Waals surface area contributed by atoms with Crippen LogP contribution in [-0.2, 0) is 13.1 Å². The second-order valence-electron chi connectivity index (χ2n) is 6.97. The summed E-state index contributed by atoms with van der Waals surface area (Å²) in [7, 11) is 0. The van der Waals surface area contributed by atoms with Gasteiger partial charge in [0.2, 0.25) is 0 Å². The Bertz CT molecular complexity index is 592. The minimum Gasteiger partial charge on any atom is -0.360 e. The molecule has 0 aromatic heterocycles. The molecule has 0 amide bonds. The van der Waals surface area contributed by atoms with Gasteiger partial charge < -0.3 is 10.2 Å². The SMILES string of the molecule is S=C(NC1CCCCCC1)N(Cc1ccccc1)Cc1ccccc1. The number of rotatable bonds is 5. The highest BCUT2D eigenvalue weighted by Gasteiger charge is 2.17. The summed E-state index contributed by atoms with van der Waals surface area (Å²) in [5.41, 5.74) is 2.59. The van der Waals surface area contributed by atoms with Crippen molar-refractivity contribution in [3.05, 3.63) is 71.8 Å². The van der Waals surface area contributed by atoms with E-state index in [2.05, 4.69) is 70.9 Å². The first-order chi connectivity index (χ1) is 12.3. The van der Waals surface area contributed by atoms with Gasteiger partial charge in [0, 0.05) is 19.1 Å². The zero-order valence-electron chi connectivity index (χ0n) is 14.9. The molecule has 0 spiro atoms. The van der Waals surface area contributed by atoms with E-state index in [1.807, 2.05) is 0 Å². The van der Waals surface area contributed by atoms with Gasteiger partial charge in [0.1, 0.15) is 0 Å². The molecule has 132 valence electrons. The van der Waals surface area contributed by atoms with Crippen LogP contribution in [0.2, 0.25) is 0 Å². The standard InChI is InChI=1S/C22H28N2S/c25-22(23-21-15-9-1-2-10-16-21)24(17-19-11-5-3-6-12-19)18-20-13-7-4-8-14-20/h3-8,11-14,21H,1-2,9-10,15-18H2,(H,23,25). The lowest BCUT2D eigenvalue weighted by Crippen LogP contribution is -2.43. The lowest BCUT2D eigenvalue weighted by atomic mass is 10.1. The van der Waals surface area contributed by atoms with Crippen LogP contribution in [0.4, 0.5) is 0 Å². The van der Waals surface area contributed by atoms with Crippen molar-refractivity contribution in [2.45, 2.75) is 57.7 Å². The first-order valence-corrected chi connectivity index (χ1v) is 9.85. The Morgan fingerprint density at radius 1 is 0.800 bits per heavy atom. The maximum atomic E-state index is 5.81. The molecular weight excluding hydrogens is 324 g/mol. The van der Waals surface area contributed by atoms with Gasteiger partial charge in [-0.2, -0.15) is 0 Å². The summed E-state index contributed by atoms with van der Waals surface area (Å²) in [6.07, 6.45) is 7.84. The van der Waals surface area contributed by atoms with Crippen LogP contribution >= 0.6 is 12.2 Å². The third-order valence-corrected chi connectivity index (χ3v) is 5.28. The fraction of sp³-hybridized carbons (Fsp3) is 0.409. The molecule has 1 fully saturated rings. The summed E-state index contributed by atoms with van der Waals surface area (Å²) < 4.78 is 0. The summed E-state index contributed by atoms with van der Waals surface area (Å²) in [4.78, 5) is 2.30. The zero-order chi connectivity index (χ0) is 17.3. The fourth-order valence-corrected chi connectivity index (χ4v) is 3.79. The highest BCUT2D eigenvalue weighted by Crippen LogP contribution is 2.18. The van der Waals surface area contributed by atoms with Gasteiger partial charge in [0.25, 0.3) is 0 Å². The number of thiocarbonyl (C=S) groups is 1. The topological polar surface area (TPSA) is 15.3 Å². The van der Waals surface area contributed by atoms with Gasteiger partial charge in [0.15, 0.2) is 5.11 Å². The summed E-state index contributed by atoms with van der Waals surface area (Å²) in [5.74, 6) is 0. The van der Waals surface area contributed by atoms with Crippen LogP contribution in [0.3, 0.4) is 0 Å². The fourth-order valence-electron chi connectivity index (χ4n) is 3.50. The Morgan fingerprint density at radius 3 is 1.76 bits per heavy atom. The van der Waals surface area contributed by atoms with Gasteiger partial charge in [-0.3, -0.25) is 0 Å². The van der Waals surface area contributed by atoms with E-state index in [9.17, 15) is 0 Å². The van der Waals surface area contributed by atoms with Crippen LogP contribution < -0.4 is 5.32 Å². The van der Waals surface area contributed by atoms with Gasteiger partial charge in [-0.1, -0.05) is 86.3 Å². The van der Waals surface area contributed by atoms with Crippen molar-refractivity contribution >= 4 is 17.3 Å². The first-order valence-electron chi connectivity index (χ1n) is 9.44. The minimum atomic E-state index is 0.532. The zero-order valence-corrected chi connectivity index (χ0v) is 15.7. The van der Waals surface area contributed by atoms with Crippen molar-refractivity contribution in [1.29, 1.82) is 0 Å². The van der Waals surface area contributed by atoms with Gasteiger partial charge in [-0.15, -0.1) is 0 Å². The van der Waals surface area contributed by atoms with E-state index in [1.54, 1.807) is 0 Å². The van der Waals surface area contributed by atoms with Crippen molar-refractivity contribution < 1.29 is 0 Å². The highest BCUT2D eigenvalue weighted by molar-refractivity contribution is 7.80. The summed E-state index contributed by atoms with van der Waals surface area (Å²) in [5, 5.41) is 4.55. The molecule has 3 heteroatoms. The van der Waals surface area contributed by atoms with E-state index in [0.29, 0.717) is 6.04 Å². The molecule has 0 saturated heterocycles. The minimum absolute atomic E-state index is 0.532. The van der Waals surface area contributed by atoms with Crippen molar-refractivity contribution in [3.8, 4) is 0 Å². The molecule has 25 heavy (non-hydrogen) atoms. The van der Waals surface area contributed by atoms with E-state index >= 15 is 0 Å². The molecule has 0 atom stereocenters. The van der Waals surface area contributed by atoms with Gasteiger partial charge in [0.05, 0.1) is 0 Å². The molecule has 1 saturated carbocycles. The molecule has 2 aromatic carbocycles. The monoisotopic (exact) mass is 352 g/mol. The van der Waals surface area contributed by atoms with Crippen LogP contribution in [0, 0.1) is 0 Å². The molecule has 0 heterocycles. The van der Waals surface area contributed by atoms with Gasteiger partial charge in [-0.25, -0.2) is 0 Å². The summed E-state index contributed by atoms with van der Waals surface area (Å²) >= 11 is 5.81. The Hall–Kier alpha value is -1.87. The highest BCUT2D eigenvalue weighted by atomic mass is 32.1. The molecular formula is C22H28N2S. The van der Waals surface area contributed by atoms with Gasteiger partial charge >= 0.3 is 0 Å². The average Bonchev–Trinajstić information content (AvgIpc) is 2.91. The number of hydrogen-bond donors (Lipinski definition) is 1. The van der Waals surface area contributed by atoms with Crippen molar-refractivity contribution in [1.82, 2.24) is 10.2 Å². The molecule has 1 N–H and O–H groups in total. The Balaban J connectivity index is 1.68. The molecule has 0 aliphatic heterocycles. The number of nitrogens with zero attached hydrogens (tertiary/aromatic N) is 1. The van der Waals surface area contributed by atoms with E-state index in [4.69, 9.17) is 12.2 Å². The summed E-state index contributed by atoms with van der Waals surface area (Å²) in [6, 6.07) is 21.7. The molecule has 0 radical (unpaired) electrons. The summed E-state index contributed by atoms with van der Waals surface area (Å²) in [6.45, 7) is 1.68. The number of hydrogen-bond acceptors (Lipinski definition) is 1. The lowest BCUT2D eigenvalue weighted by molar-refractivity contribution is 0.385. The molecule has 2 aromatic rings. The smallest absolute Gasteiger partial charge is 0.169 e. The Labute approximate surface area is 157 Å². The van der Waals surface area contributed by atoms with Crippen LogP contribution in [0.5, 0.6) is 0 Å². The quantitative estimate of drug-likeness (QED) is 0.582.